The average molecular weight is 410 g/mol. The van der Waals surface area contributed by atoms with Gasteiger partial charge in [-0.2, -0.15) is 0 Å². The molecule has 0 aliphatic carbocycles. The Labute approximate surface area is 175 Å². The van der Waals surface area contributed by atoms with Gasteiger partial charge in [-0.3, -0.25) is 4.79 Å². The summed E-state index contributed by atoms with van der Waals surface area (Å²) >= 11 is 1.55. The Morgan fingerprint density at radius 2 is 1.93 bits per heavy atom. The van der Waals surface area contributed by atoms with Crippen molar-refractivity contribution < 1.29 is 9.53 Å². The van der Waals surface area contributed by atoms with Crippen LogP contribution in [0.3, 0.4) is 0 Å². The van der Waals surface area contributed by atoms with Gasteiger partial charge in [0.1, 0.15) is 10.8 Å². The van der Waals surface area contributed by atoms with Gasteiger partial charge in [-0.15, -0.1) is 11.3 Å². The van der Waals surface area contributed by atoms with E-state index >= 15 is 0 Å². The maximum Gasteiger partial charge on any atom is 0.225 e. The summed E-state index contributed by atoms with van der Waals surface area (Å²) < 4.78 is 5.32. The lowest BCUT2D eigenvalue weighted by Gasteiger charge is -2.23. The van der Waals surface area contributed by atoms with Crippen LogP contribution < -0.4 is 15.8 Å². The van der Waals surface area contributed by atoms with Gasteiger partial charge in [0.05, 0.1) is 18.8 Å². The zero-order chi connectivity index (χ0) is 21.0. The van der Waals surface area contributed by atoms with E-state index in [0.717, 1.165) is 33.3 Å². The summed E-state index contributed by atoms with van der Waals surface area (Å²) in [6.07, 6.45) is 0.646. The van der Waals surface area contributed by atoms with Crippen LogP contribution in [0.25, 0.3) is 11.3 Å². The number of nitrogens with two attached hydrogens (primary N) is 1. The highest BCUT2D eigenvalue weighted by Gasteiger charge is 2.26. The Kier molecular flexibility index (Phi) is 6.23. The molecule has 1 amide bonds. The average Bonchev–Trinajstić information content (AvgIpc) is 3.18. The third-order valence-corrected chi connectivity index (χ3v) is 5.55. The fraction of sp³-hybridized carbons (Fsp3) is 0.304. The van der Waals surface area contributed by atoms with Gasteiger partial charge in [-0.1, -0.05) is 45.0 Å². The third kappa shape index (κ3) is 5.35. The first kappa shape index (κ1) is 20.9. The van der Waals surface area contributed by atoms with E-state index in [1.54, 1.807) is 18.4 Å². The second kappa shape index (κ2) is 8.66. The number of carbonyl (C=O) groups excluding carboxylic acids is 1. The summed E-state index contributed by atoms with van der Waals surface area (Å²) in [4.78, 5) is 17.5. The van der Waals surface area contributed by atoms with Gasteiger partial charge in [-0.25, -0.2) is 4.98 Å². The topological polar surface area (TPSA) is 77.2 Å². The summed E-state index contributed by atoms with van der Waals surface area (Å²) in [7, 11) is 1.65. The van der Waals surface area contributed by atoms with Crippen LogP contribution in [0.15, 0.2) is 53.9 Å². The summed E-state index contributed by atoms with van der Waals surface area (Å²) in [5.74, 6) is 0.785. The molecule has 152 valence electrons. The van der Waals surface area contributed by atoms with Gasteiger partial charge >= 0.3 is 0 Å². The largest absolute Gasteiger partial charge is 0.497 e. The molecule has 0 unspecified atom stereocenters. The Balaban J connectivity index is 1.89. The molecule has 3 rings (SSSR count). The van der Waals surface area contributed by atoms with Crippen LogP contribution in [-0.2, 0) is 11.2 Å². The monoisotopic (exact) mass is 409 g/mol. The minimum Gasteiger partial charge on any atom is -0.497 e. The predicted octanol–water partition coefficient (Wildman–Crippen LogP) is 4.85. The van der Waals surface area contributed by atoms with Crippen LogP contribution in [0.4, 0.5) is 5.69 Å². The lowest BCUT2D eigenvalue weighted by atomic mass is 9.94. The molecule has 0 radical (unpaired) electrons. The quantitative estimate of drug-likeness (QED) is 0.571. The Hall–Kier alpha value is -2.86. The summed E-state index contributed by atoms with van der Waals surface area (Å²) in [5.41, 5.74) is 9.00. The molecular weight excluding hydrogens is 382 g/mol. The van der Waals surface area contributed by atoms with E-state index in [2.05, 4.69) is 5.32 Å². The number of ether oxygens (including phenoxy) is 1. The molecule has 1 heterocycles. The van der Waals surface area contributed by atoms with Crippen LogP contribution in [0.1, 0.15) is 37.4 Å². The first-order valence-corrected chi connectivity index (χ1v) is 10.4. The summed E-state index contributed by atoms with van der Waals surface area (Å²) in [6, 6.07) is 15.3. The predicted molar refractivity (Wildman–Crippen MR) is 119 cm³/mol. The SMILES string of the molecule is COc1cccc(-c2csc([C@H](Cc3ccc(N)cc3)NC(=O)C(C)(C)C)n2)c1. The maximum atomic E-state index is 12.7. The van der Waals surface area contributed by atoms with Crippen molar-refractivity contribution in [3.05, 3.63) is 64.5 Å². The summed E-state index contributed by atoms with van der Waals surface area (Å²) in [5, 5.41) is 6.07. The minimum atomic E-state index is -0.480. The first-order valence-electron chi connectivity index (χ1n) is 9.51. The van der Waals surface area contributed by atoms with E-state index in [1.807, 2.05) is 74.7 Å². The first-order chi connectivity index (χ1) is 13.8. The molecule has 0 saturated heterocycles. The van der Waals surface area contributed by atoms with Crippen molar-refractivity contribution >= 4 is 22.9 Å². The molecule has 0 aliphatic heterocycles. The number of methoxy groups -OCH3 is 1. The smallest absolute Gasteiger partial charge is 0.225 e. The molecule has 0 spiro atoms. The number of anilines is 1. The standard InChI is InChI=1S/C23H27N3O2S/c1-23(2,3)22(27)26-19(12-15-8-10-17(24)11-9-15)21-25-20(14-29-21)16-6-5-7-18(13-16)28-4/h5-11,13-14,19H,12,24H2,1-4H3,(H,26,27)/t19-/m0/s1. The number of hydrogen-bond acceptors (Lipinski definition) is 5. The van der Waals surface area contributed by atoms with Crippen molar-refractivity contribution in [1.82, 2.24) is 10.3 Å². The second-order valence-corrected chi connectivity index (χ2v) is 8.91. The zero-order valence-electron chi connectivity index (χ0n) is 17.2. The Morgan fingerprint density at radius 3 is 2.59 bits per heavy atom. The van der Waals surface area contributed by atoms with Crippen molar-refractivity contribution in [2.45, 2.75) is 33.2 Å². The highest BCUT2D eigenvalue weighted by atomic mass is 32.1. The number of nitrogens with one attached hydrogen (secondary N) is 1. The van der Waals surface area contributed by atoms with Crippen LogP contribution in [-0.4, -0.2) is 18.0 Å². The van der Waals surface area contributed by atoms with E-state index in [-0.39, 0.29) is 11.9 Å². The van der Waals surface area contributed by atoms with Crippen LogP contribution >= 0.6 is 11.3 Å². The van der Waals surface area contributed by atoms with Crippen LogP contribution in [0.5, 0.6) is 5.75 Å². The van der Waals surface area contributed by atoms with E-state index in [1.165, 1.54) is 0 Å². The van der Waals surface area contributed by atoms with Crippen molar-refractivity contribution in [1.29, 1.82) is 0 Å². The zero-order valence-corrected chi connectivity index (χ0v) is 18.0. The van der Waals surface area contributed by atoms with Crippen LogP contribution in [0, 0.1) is 5.41 Å². The molecule has 1 aromatic heterocycles. The Morgan fingerprint density at radius 1 is 1.21 bits per heavy atom. The molecule has 0 aliphatic rings. The van der Waals surface area contributed by atoms with E-state index in [9.17, 15) is 4.79 Å². The number of rotatable bonds is 6. The fourth-order valence-corrected chi connectivity index (χ4v) is 3.71. The number of nitrogen functional groups attached to an aromatic ring is 1. The molecule has 5 nitrogen and oxygen atoms in total. The van der Waals surface area contributed by atoms with Gasteiger partial charge in [-0.05, 0) is 36.2 Å². The number of amides is 1. The van der Waals surface area contributed by atoms with E-state index in [0.29, 0.717) is 6.42 Å². The molecular formula is C23H27N3O2S. The highest BCUT2D eigenvalue weighted by Crippen LogP contribution is 2.30. The fourth-order valence-electron chi connectivity index (χ4n) is 2.83. The summed E-state index contributed by atoms with van der Waals surface area (Å²) in [6.45, 7) is 5.73. The molecule has 1 atom stereocenters. The number of nitrogens with zero attached hydrogens (tertiary/aromatic N) is 1. The molecule has 2 aromatic carbocycles. The van der Waals surface area contributed by atoms with Crippen molar-refractivity contribution in [2.24, 2.45) is 5.41 Å². The minimum absolute atomic E-state index is 0.00363. The molecule has 6 heteroatoms. The van der Waals surface area contributed by atoms with Gasteiger partial charge in [0.25, 0.3) is 0 Å². The number of hydrogen-bond donors (Lipinski definition) is 2. The van der Waals surface area contributed by atoms with Gasteiger partial charge in [0.2, 0.25) is 5.91 Å². The number of aromatic nitrogens is 1. The molecule has 3 aromatic rings. The number of carbonyl (C=O) groups is 1. The highest BCUT2D eigenvalue weighted by molar-refractivity contribution is 7.10. The van der Waals surface area contributed by atoms with Crippen molar-refractivity contribution in [3.63, 3.8) is 0 Å². The third-order valence-electron chi connectivity index (χ3n) is 4.59. The molecule has 0 saturated carbocycles. The van der Waals surface area contributed by atoms with Gasteiger partial charge < -0.3 is 15.8 Å². The van der Waals surface area contributed by atoms with Crippen molar-refractivity contribution in [2.75, 3.05) is 12.8 Å². The molecule has 0 fully saturated rings. The second-order valence-electron chi connectivity index (χ2n) is 8.02. The molecule has 3 N–H and O–H groups in total. The molecule has 29 heavy (non-hydrogen) atoms. The lowest BCUT2D eigenvalue weighted by Crippen LogP contribution is -2.38. The van der Waals surface area contributed by atoms with Crippen LogP contribution in [0.2, 0.25) is 0 Å². The van der Waals surface area contributed by atoms with Crippen molar-refractivity contribution in [3.8, 4) is 17.0 Å². The van der Waals surface area contributed by atoms with E-state index < -0.39 is 5.41 Å². The van der Waals surface area contributed by atoms with E-state index in [4.69, 9.17) is 15.5 Å². The maximum absolute atomic E-state index is 12.7. The lowest BCUT2D eigenvalue weighted by molar-refractivity contribution is -0.129. The molecule has 0 bridgehead atoms. The Bertz CT molecular complexity index is 974. The normalized spacial score (nSPS) is 12.4. The number of thiazole rings is 1. The number of benzene rings is 2. The van der Waals surface area contributed by atoms with Gasteiger partial charge in [0.15, 0.2) is 0 Å². The van der Waals surface area contributed by atoms with Gasteiger partial charge in [0, 0.05) is 22.0 Å².